The van der Waals surface area contributed by atoms with Gasteiger partial charge < -0.3 is 10.8 Å². The van der Waals surface area contributed by atoms with Crippen LogP contribution in [0.25, 0.3) is 0 Å². The van der Waals surface area contributed by atoms with E-state index in [-0.39, 0.29) is 18.1 Å². The molecule has 0 amide bonds. The first kappa shape index (κ1) is 16.1. The number of nitrogens with two attached hydrogens (primary N) is 1. The highest BCUT2D eigenvalue weighted by Crippen LogP contribution is 2.28. The molecule has 1 rings (SSSR count). The summed E-state index contributed by atoms with van der Waals surface area (Å²) in [4.78, 5) is 0. The Balaban J connectivity index is 2.79. The summed E-state index contributed by atoms with van der Waals surface area (Å²) in [6.45, 7) is 1.88. The summed E-state index contributed by atoms with van der Waals surface area (Å²) < 4.78 is 23.0. The number of aliphatic hydroxyl groups is 1. The van der Waals surface area contributed by atoms with Crippen LogP contribution in [0.3, 0.4) is 0 Å². The van der Waals surface area contributed by atoms with Crippen molar-refractivity contribution in [2.45, 2.75) is 25.2 Å². The second-order valence-corrected chi connectivity index (χ2v) is 7.32. The topological polar surface area (TPSA) is 80.4 Å². The highest BCUT2D eigenvalue weighted by molar-refractivity contribution is 7.91. The van der Waals surface area contributed by atoms with Gasteiger partial charge in [-0.15, -0.1) is 0 Å². The summed E-state index contributed by atoms with van der Waals surface area (Å²) >= 11 is 0. The third-order valence-corrected chi connectivity index (χ3v) is 5.42. The van der Waals surface area contributed by atoms with E-state index in [9.17, 15) is 13.5 Å². The maximum Gasteiger partial charge on any atom is 0.150 e. The molecule has 1 aromatic carbocycles. The molecule has 1 unspecified atom stereocenters. The van der Waals surface area contributed by atoms with Gasteiger partial charge in [0.25, 0.3) is 0 Å². The number of aliphatic hydroxyl groups excluding tert-OH is 1. The molecule has 5 heteroatoms. The molecule has 0 bridgehead atoms. The Kier molecular flexibility index (Phi) is 5.97. The van der Waals surface area contributed by atoms with E-state index in [0.29, 0.717) is 19.4 Å². The van der Waals surface area contributed by atoms with E-state index in [1.54, 1.807) is 6.92 Å². The van der Waals surface area contributed by atoms with Crippen LogP contribution < -0.4 is 5.73 Å². The van der Waals surface area contributed by atoms with Crippen LogP contribution >= 0.6 is 0 Å². The van der Waals surface area contributed by atoms with Gasteiger partial charge in [0.1, 0.15) is 9.84 Å². The molecule has 108 valence electrons. The van der Waals surface area contributed by atoms with Gasteiger partial charge in [-0.3, -0.25) is 0 Å². The van der Waals surface area contributed by atoms with Gasteiger partial charge in [0, 0.05) is 17.7 Å². The molecule has 0 aliphatic heterocycles. The van der Waals surface area contributed by atoms with Crippen molar-refractivity contribution in [3.63, 3.8) is 0 Å². The zero-order chi connectivity index (χ0) is 14.4. The molecule has 0 saturated heterocycles. The molecule has 0 aliphatic carbocycles. The number of rotatable bonds is 8. The molecule has 0 fully saturated rings. The summed E-state index contributed by atoms with van der Waals surface area (Å²) in [7, 11) is -2.96. The molecule has 1 atom stereocenters. The molecule has 0 saturated carbocycles. The predicted octanol–water partition coefficient (Wildman–Crippen LogP) is 1.09. The van der Waals surface area contributed by atoms with E-state index >= 15 is 0 Å². The number of benzene rings is 1. The summed E-state index contributed by atoms with van der Waals surface area (Å²) in [5.74, 6) is 0.311. The Bertz CT molecular complexity index is 467. The van der Waals surface area contributed by atoms with E-state index in [2.05, 4.69) is 0 Å². The fraction of sp³-hybridized carbons (Fsp3) is 0.571. The third-order valence-electron chi connectivity index (χ3n) is 3.63. The van der Waals surface area contributed by atoms with Crippen molar-refractivity contribution in [1.29, 1.82) is 0 Å². The molecule has 1 aromatic rings. The van der Waals surface area contributed by atoms with Gasteiger partial charge >= 0.3 is 0 Å². The molecule has 19 heavy (non-hydrogen) atoms. The van der Waals surface area contributed by atoms with Gasteiger partial charge in [0.15, 0.2) is 0 Å². The average Bonchev–Trinajstić information content (AvgIpc) is 2.45. The number of sulfone groups is 1. The van der Waals surface area contributed by atoms with Crippen LogP contribution in [0.4, 0.5) is 0 Å². The largest absolute Gasteiger partial charge is 0.395 e. The van der Waals surface area contributed by atoms with Gasteiger partial charge in [-0.2, -0.15) is 0 Å². The second kappa shape index (κ2) is 7.03. The molecule has 0 aromatic heterocycles. The van der Waals surface area contributed by atoms with Crippen LogP contribution in [0.2, 0.25) is 0 Å². The number of hydrogen-bond acceptors (Lipinski definition) is 4. The highest BCUT2D eigenvalue weighted by Gasteiger charge is 2.30. The smallest absolute Gasteiger partial charge is 0.150 e. The van der Waals surface area contributed by atoms with Gasteiger partial charge in [0.05, 0.1) is 12.4 Å². The van der Waals surface area contributed by atoms with E-state index < -0.39 is 15.3 Å². The normalized spacial score (nSPS) is 15.1. The fourth-order valence-electron chi connectivity index (χ4n) is 2.17. The van der Waals surface area contributed by atoms with Crippen molar-refractivity contribution in [1.82, 2.24) is 0 Å². The molecule has 0 aliphatic rings. The van der Waals surface area contributed by atoms with Crippen molar-refractivity contribution in [2.24, 2.45) is 5.73 Å². The van der Waals surface area contributed by atoms with Crippen LogP contribution in [0, 0.1) is 0 Å². The standard InChI is InChI=1S/C14H23NO3S/c1-2-19(17,18)10-6-9-14(11-15,12-16)13-7-4-3-5-8-13/h3-5,7-8,16H,2,6,9-12,15H2,1H3. The average molecular weight is 285 g/mol. The lowest BCUT2D eigenvalue weighted by molar-refractivity contribution is 0.187. The lowest BCUT2D eigenvalue weighted by atomic mass is 9.77. The highest BCUT2D eigenvalue weighted by atomic mass is 32.2. The molecule has 0 heterocycles. The Hall–Kier alpha value is -0.910. The van der Waals surface area contributed by atoms with Gasteiger partial charge in [-0.1, -0.05) is 37.3 Å². The quantitative estimate of drug-likeness (QED) is 0.749. The van der Waals surface area contributed by atoms with Gasteiger partial charge in [-0.25, -0.2) is 8.42 Å². The first-order valence-corrected chi connectivity index (χ1v) is 8.38. The zero-order valence-electron chi connectivity index (χ0n) is 11.4. The minimum atomic E-state index is -2.96. The molecule has 4 nitrogen and oxygen atoms in total. The predicted molar refractivity (Wildman–Crippen MR) is 77.8 cm³/mol. The molecular formula is C14H23NO3S. The zero-order valence-corrected chi connectivity index (χ0v) is 12.2. The SMILES string of the molecule is CCS(=O)(=O)CCCC(CN)(CO)c1ccccc1. The van der Waals surface area contributed by atoms with Gasteiger partial charge in [0.2, 0.25) is 0 Å². The Morgan fingerprint density at radius 2 is 1.89 bits per heavy atom. The van der Waals surface area contributed by atoms with Gasteiger partial charge in [-0.05, 0) is 18.4 Å². The number of hydrogen-bond donors (Lipinski definition) is 2. The second-order valence-electron chi connectivity index (χ2n) is 4.85. The molecule has 3 N–H and O–H groups in total. The lowest BCUT2D eigenvalue weighted by Crippen LogP contribution is -2.39. The fourth-order valence-corrected chi connectivity index (χ4v) is 3.04. The summed E-state index contributed by atoms with van der Waals surface area (Å²) in [5, 5.41) is 9.69. The molecule has 0 radical (unpaired) electrons. The Morgan fingerprint density at radius 3 is 2.37 bits per heavy atom. The van der Waals surface area contributed by atoms with E-state index in [1.165, 1.54) is 0 Å². The first-order chi connectivity index (χ1) is 8.99. The molecular weight excluding hydrogens is 262 g/mol. The van der Waals surface area contributed by atoms with Crippen molar-refractivity contribution >= 4 is 9.84 Å². The molecule has 0 spiro atoms. The van der Waals surface area contributed by atoms with Crippen molar-refractivity contribution < 1.29 is 13.5 Å². The maximum atomic E-state index is 11.5. The van der Waals surface area contributed by atoms with E-state index in [0.717, 1.165) is 5.56 Å². The van der Waals surface area contributed by atoms with Crippen molar-refractivity contribution in [3.05, 3.63) is 35.9 Å². The lowest BCUT2D eigenvalue weighted by Gasteiger charge is -2.31. The first-order valence-electron chi connectivity index (χ1n) is 6.56. The van der Waals surface area contributed by atoms with Crippen LogP contribution in [0.5, 0.6) is 0 Å². The van der Waals surface area contributed by atoms with Crippen molar-refractivity contribution in [3.8, 4) is 0 Å². The minimum Gasteiger partial charge on any atom is -0.395 e. The van der Waals surface area contributed by atoms with Crippen LogP contribution in [-0.2, 0) is 15.3 Å². The van der Waals surface area contributed by atoms with Crippen molar-refractivity contribution in [2.75, 3.05) is 24.7 Å². The monoisotopic (exact) mass is 285 g/mol. The van der Waals surface area contributed by atoms with E-state index in [1.807, 2.05) is 30.3 Å². The third kappa shape index (κ3) is 4.30. The summed E-state index contributed by atoms with van der Waals surface area (Å²) in [6, 6.07) is 9.56. The summed E-state index contributed by atoms with van der Waals surface area (Å²) in [6.07, 6.45) is 1.09. The van der Waals surface area contributed by atoms with Crippen LogP contribution in [0.1, 0.15) is 25.3 Å². The maximum absolute atomic E-state index is 11.5. The minimum absolute atomic E-state index is 0.0698. The summed E-state index contributed by atoms with van der Waals surface area (Å²) in [5.41, 5.74) is 6.25. The van der Waals surface area contributed by atoms with Crippen LogP contribution in [-0.4, -0.2) is 38.2 Å². The Morgan fingerprint density at radius 1 is 1.26 bits per heavy atom. The Labute approximate surface area is 115 Å². The van der Waals surface area contributed by atoms with Crippen LogP contribution in [0.15, 0.2) is 30.3 Å². The van der Waals surface area contributed by atoms with E-state index in [4.69, 9.17) is 5.73 Å².